The molecular formula is C28H27FN4O2. The molecular weight excluding hydrogens is 443 g/mol. The van der Waals surface area contributed by atoms with E-state index in [-0.39, 0.29) is 22.9 Å². The third kappa shape index (κ3) is 4.51. The molecule has 0 fully saturated rings. The van der Waals surface area contributed by atoms with Crippen molar-refractivity contribution >= 4 is 28.8 Å². The summed E-state index contributed by atoms with van der Waals surface area (Å²) in [6.07, 6.45) is 1.17. The molecule has 178 valence electrons. The molecule has 0 bridgehead atoms. The van der Waals surface area contributed by atoms with E-state index in [2.05, 4.69) is 6.07 Å². The Morgan fingerprint density at radius 3 is 2.34 bits per heavy atom. The zero-order chi connectivity index (χ0) is 25.9. The van der Waals surface area contributed by atoms with Gasteiger partial charge in [0.15, 0.2) is 0 Å². The van der Waals surface area contributed by atoms with Crippen LogP contribution in [0.3, 0.4) is 0 Å². The number of nitrogens with one attached hydrogen (secondary N) is 1. The number of carbonyl (C=O) groups is 1. The summed E-state index contributed by atoms with van der Waals surface area (Å²) < 4.78 is 15.7. The second-order valence-electron chi connectivity index (χ2n) is 8.05. The van der Waals surface area contributed by atoms with Crippen molar-refractivity contribution in [3.63, 3.8) is 0 Å². The largest absolute Gasteiger partial charge is 0.478 e. The van der Waals surface area contributed by atoms with Crippen LogP contribution in [0.5, 0.6) is 0 Å². The summed E-state index contributed by atoms with van der Waals surface area (Å²) in [5.74, 6) is -1.49. The van der Waals surface area contributed by atoms with Crippen LogP contribution in [0.2, 0.25) is 0 Å². The molecule has 0 aliphatic heterocycles. The first-order chi connectivity index (χ1) is 16.8. The van der Waals surface area contributed by atoms with Gasteiger partial charge in [-0.05, 0) is 54.4 Å². The first-order valence-corrected chi connectivity index (χ1v) is 11.3. The summed E-state index contributed by atoms with van der Waals surface area (Å²) in [6, 6.07) is 16.3. The number of nitrogen functional groups attached to an aromatic ring is 1. The van der Waals surface area contributed by atoms with Gasteiger partial charge in [-0.3, -0.25) is 0 Å². The van der Waals surface area contributed by atoms with E-state index in [0.29, 0.717) is 16.8 Å². The van der Waals surface area contributed by atoms with Crippen LogP contribution in [-0.2, 0) is 0 Å². The highest BCUT2D eigenvalue weighted by Crippen LogP contribution is 2.43. The number of aromatic nitrogens is 1. The maximum atomic E-state index is 13.7. The fourth-order valence-electron chi connectivity index (χ4n) is 4.20. The number of fused-ring (bicyclic) bond motifs is 1. The molecule has 4 aromatic rings. The number of hydrogen-bond acceptors (Lipinski definition) is 4. The molecule has 0 saturated carbocycles. The van der Waals surface area contributed by atoms with E-state index in [4.69, 9.17) is 11.1 Å². The minimum absolute atomic E-state index is 0.0206. The lowest BCUT2D eigenvalue weighted by Gasteiger charge is -2.16. The topological polar surface area (TPSA) is 116 Å². The predicted octanol–water partition coefficient (Wildman–Crippen LogP) is 6.74. The molecule has 0 amide bonds. The number of carboxylic acids is 1. The maximum Gasteiger partial charge on any atom is 0.335 e. The van der Waals surface area contributed by atoms with Crippen LogP contribution in [0.4, 0.5) is 10.1 Å². The van der Waals surface area contributed by atoms with Crippen molar-refractivity contribution in [2.45, 2.75) is 33.6 Å². The zero-order valence-corrected chi connectivity index (χ0v) is 20.1. The molecule has 1 heterocycles. The van der Waals surface area contributed by atoms with Gasteiger partial charge in [0.25, 0.3) is 0 Å². The number of carboxylic acid groups (broad SMARTS) is 1. The van der Waals surface area contributed by atoms with Crippen molar-refractivity contribution in [3.8, 4) is 22.9 Å². The van der Waals surface area contributed by atoms with Gasteiger partial charge in [0.1, 0.15) is 5.82 Å². The number of nitrogens with two attached hydrogens (primary N) is 1. The summed E-state index contributed by atoms with van der Waals surface area (Å²) in [7, 11) is 0. The van der Waals surface area contributed by atoms with Crippen molar-refractivity contribution in [3.05, 3.63) is 82.8 Å². The Kier molecular flexibility index (Phi) is 7.36. The molecule has 6 nitrogen and oxygen atoms in total. The molecule has 4 N–H and O–H groups in total. The van der Waals surface area contributed by atoms with Gasteiger partial charge in [-0.25, -0.2) is 9.18 Å². The van der Waals surface area contributed by atoms with Gasteiger partial charge >= 0.3 is 5.97 Å². The SMILES string of the molecule is CC.CC(C)c1c(-c2ccc(C(=O)O)cc2C#N)c2cc(N)c(C=N)cc2n1-c1ccc(F)cc1. The number of benzene rings is 3. The fourth-order valence-corrected chi connectivity index (χ4v) is 4.20. The van der Waals surface area contributed by atoms with E-state index >= 15 is 0 Å². The highest BCUT2D eigenvalue weighted by molar-refractivity contribution is 6.05. The molecule has 1 aromatic heterocycles. The van der Waals surface area contributed by atoms with Crippen molar-refractivity contribution in [2.75, 3.05) is 5.73 Å². The van der Waals surface area contributed by atoms with Crippen LogP contribution < -0.4 is 5.73 Å². The number of anilines is 1. The summed E-state index contributed by atoms with van der Waals surface area (Å²) >= 11 is 0. The first kappa shape index (κ1) is 25.2. The van der Waals surface area contributed by atoms with Crippen LogP contribution in [0.25, 0.3) is 27.7 Å². The van der Waals surface area contributed by atoms with Crippen molar-refractivity contribution < 1.29 is 14.3 Å². The minimum atomic E-state index is -1.12. The van der Waals surface area contributed by atoms with Crippen LogP contribution in [0.15, 0.2) is 54.6 Å². The second kappa shape index (κ2) is 10.2. The average Bonchev–Trinajstić information content (AvgIpc) is 3.18. The van der Waals surface area contributed by atoms with Crippen molar-refractivity contribution in [1.82, 2.24) is 4.57 Å². The molecule has 0 saturated heterocycles. The van der Waals surface area contributed by atoms with Gasteiger partial charge in [-0.2, -0.15) is 5.26 Å². The van der Waals surface area contributed by atoms with E-state index < -0.39 is 5.97 Å². The summed E-state index contributed by atoms with van der Waals surface area (Å²) in [5.41, 5.74) is 11.1. The Morgan fingerprint density at radius 1 is 1.14 bits per heavy atom. The van der Waals surface area contributed by atoms with E-state index in [1.165, 1.54) is 30.5 Å². The third-order valence-electron chi connectivity index (χ3n) is 5.65. The number of halogens is 1. The number of rotatable bonds is 5. The molecule has 4 rings (SSSR count). The smallest absolute Gasteiger partial charge is 0.335 e. The Labute approximate surface area is 203 Å². The lowest BCUT2D eigenvalue weighted by Crippen LogP contribution is -2.04. The summed E-state index contributed by atoms with van der Waals surface area (Å²) in [6.45, 7) is 8.02. The van der Waals surface area contributed by atoms with Gasteiger partial charge in [0.2, 0.25) is 0 Å². The fraction of sp³-hybridized carbons (Fsp3) is 0.179. The van der Waals surface area contributed by atoms with Gasteiger partial charge in [-0.1, -0.05) is 33.8 Å². The van der Waals surface area contributed by atoms with Gasteiger partial charge in [-0.15, -0.1) is 0 Å². The van der Waals surface area contributed by atoms with Crippen LogP contribution in [-0.4, -0.2) is 21.9 Å². The molecule has 0 atom stereocenters. The molecule has 0 spiro atoms. The Balaban J connectivity index is 0.00000167. The number of nitriles is 1. The Bertz CT molecular complexity index is 1460. The summed E-state index contributed by atoms with van der Waals surface area (Å²) in [4.78, 5) is 11.5. The number of nitrogens with zero attached hydrogens (tertiary/aromatic N) is 2. The normalized spacial score (nSPS) is 10.5. The van der Waals surface area contributed by atoms with Gasteiger partial charge < -0.3 is 20.8 Å². The minimum Gasteiger partial charge on any atom is -0.478 e. The first-order valence-electron chi connectivity index (χ1n) is 11.3. The van der Waals surface area contributed by atoms with Crippen molar-refractivity contribution in [1.29, 1.82) is 10.7 Å². The quantitative estimate of drug-likeness (QED) is 0.221. The van der Waals surface area contributed by atoms with E-state index in [0.717, 1.165) is 27.8 Å². The van der Waals surface area contributed by atoms with E-state index in [1.807, 2.05) is 32.3 Å². The number of hydrogen-bond donors (Lipinski definition) is 3. The molecule has 0 aliphatic carbocycles. The third-order valence-corrected chi connectivity index (χ3v) is 5.65. The summed E-state index contributed by atoms with van der Waals surface area (Å²) in [5, 5.41) is 27.7. The highest BCUT2D eigenvalue weighted by Gasteiger charge is 2.25. The molecule has 0 aliphatic rings. The van der Waals surface area contributed by atoms with Gasteiger partial charge in [0, 0.05) is 45.4 Å². The maximum absolute atomic E-state index is 13.7. The highest BCUT2D eigenvalue weighted by atomic mass is 19.1. The zero-order valence-electron chi connectivity index (χ0n) is 20.1. The molecule has 35 heavy (non-hydrogen) atoms. The average molecular weight is 471 g/mol. The predicted molar refractivity (Wildman–Crippen MR) is 138 cm³/mol. The number of aromatic carboxylic acids is 1. The van der Waals surface area contributed by atoms with Gasteiger partial charge in [0.05, 0.1) is 22.7 Å². The van der Waals surface area contributed by atoms with Crippen molar-refractivity contribution in [2.24, 2.45) is 0 Å². The van der Waals surface area contributed by atoms with E-state index in [1.54, 1.807) is 30.3 Å². The lowest BCUT2D eigenvalue weighted by atomic mass is 9.92. The Morgan fingerprint density at radius 2 is 1.80 bits per heavy atom. The molecule has 0 radical (unpaired) electrons. The molecule has 3 aromatic carbocycles. The van der Waals surface area contributed by atoms with E-state index in [9.17, 15) is 19.6 Å². The monoisotopic (exact) mass is 470 g/mol. The van der Waals surface area contributed by atoms with Crippen LogP contribution in [0.1, 0.15) is 60.8 Å². The lowest BCUT2D eigenvalue weighted by molar-refractivity contribution is 0.0697. The Hall–Kier alpha value is -4.44. The van der Waals surface area contributed by atoms with Crippen LogP contribution in [0, 0.1) is 22.6 Å². The molecule has 0 unspecified atom stereocenters. The second-order valence-corrected chi connectivity index (χ2v) is 8.05. The standard InChI is InChI=1S/C26H21FN4O2.C2H6/c1-14(2)25-24(20-8-3-15(26(32)33)9-16(20)12-28)21-11-22(30)17(13-29)10-23(21)31(25)19-6-4-18(27)5-7-19;1-2/h3-11,13-14,29H,30H2,1-2H3,(H,32,33);1-2H3. The van der Waals surface area contributed by atoms with Crippen LogP contribution >= 0.6 is 0 Å². The molecule has 7 heteroatoms.